The van der Waals surface area contributed by atoms with Crippen LogP contribution >= 0.6 is 0 Å². The van der Waals surface area contributed by atoms with Gasteiger partial charge in [-0.1, -0.05) is 24.8 Å². The average Bonchev–Trinajstić information content (AvgIpc) is 2.74. The standard InChI is InChI=1S/C16H18N2O4/c1-3-22-16(21)14-10(2)17-15(20)12(14)9-13(19)18-11-7-5-4-6-8-11/h4-8,12,14H,2-3,9H2,1H3,(H,17,20)(H,18,19). The summed E-state index contributed by atoms with van der Waals surface area (Å²) in [5.41, 5.74) is 0.915. The Bertz CT molecular complexity index is 597. The number of esters is 1. The third kappa shape index (κ3) is 3.52. The zero-order valence-electron chi connectivity index (χ0n) is 12.3. The molecule has 0 bridgehead atoms. The number of carbonyl (C=O) groups excluding carboxylic acids is 3. The van der Waals surface area contributed by atoms with E-state index in [1.54, 1.807) is 31.2 Å². The number of carbonyl (C=O) groups is 3. The molecule has 1 heterocycles. The second-order valence-corrected chi connectivity index (χ2v) is 4.97. The average molecular weight is 302 g/mol. The Kier molecular flexibility index (Phi) is 4.93. The molecule has 0 radical (unpaired) electrons. The highest BCUT2D eigenvalue weighted by Gasteiger charge is 2.44. The molecule has 0 saturated carbocycles. The predicted octanol–water partition coefficient (Wildman–Crippen LogP) is 1.45. The lowest BCUT2D eigenvalue weighted by Crippen LogP contribution is -2.29. The number of rotatable bonds is 5. The van der Waals surface area contributed by atoms with Crippen LogP contribution < -0.4 is 10.6 Å². The normalized spacial score (nSPS) is 20.4. The number of hydrogen-bond donors (Lipinski definition) is 2. The minimum absolute atomic E-state index is 0.108. The fourth-order valence-corrected chi connectivity index (χ4v) is 2.41. The third-order valence-corrected chi connectivity index (χ3v) is 3.40. The summed E-state index contributed by atoms with van der Waals surface area (Å²) in [6.07, 6.45) is -0.108. The van der Waals surface area contributed by atoms with Crippen molar-refractivity contribution in [3.8, 4) is 0 Å². The first kappa shape index (κ1) is 15.8. The van der Waals surface area contributed by atoms with Crippen molar-refractivity contribution in [2.45, 2.75) is 13.3 Å². The van der Waals surface area contributed by atoms with Crippen molar-refractivity contribution in [2.24, 2.45) is 11.8 Å². The van der Waals surface area contributed by atoms with Crippen molar-refractivity contribution in [1.29, 1.82) is 0 Å². The first-order chi connectivity index (χ1) is 10.5. The molecule has 0 aromatic heterocycles. The Morgan fingerprint density at radius 1 is 1.32 bits per heavy atom. The number of para-hydroxylation sites is 1. The van der Waals surface area contributed by atoms with Gasteiger partial charge in [0.05, 0.1) is 12.5 Å². The monoisotopic (exact) mass is 302 g/mol. The summed E-state index contributed by atoms with van der Waals surface area (Å²) in [5.74, 6) is -2.88. The SMILES string of the molecule is C=C1NC(=O)C(CC(=O)Nc2ccccc2)C1C(=O)OCC. The molecule has 6 nitrogen and oxygen atoms in total. The van der Waals surface area contributed by atoms with E-state index in [1.807, 2.05) is 6.07 Å². The first-order valence-corrected chi connectivity index (χ1v) is 7.04. The highest BCUT2D eigenvalue weighted by Crippen LogP contribution is 2.30. The molecule has 2 amide bonds. The van der Waals surface area contributed by atoms with Gasteiger partial charge < -0.3 is 15.4 Å². The van der Waals surface area contributed by atoms with Crippen LogP contribution in [-0.2, 0) is 19.1 Å². The largest absolute Gasteiger partial charge is 0.465 e. The van der Waals surface area contributed by atoms with Crippen LogP contribution in [0.4, 0.5) is 5.69 Å². The third-order valence-electron chi connectivity index (χ3n) is 3.40. The van der Waals surface area contributed by atoms with E-state index in [2.05, 4.69) is 17.2 Å². The van der Waals surface area contributed by atoms with E-state index in [9.17, 15) is 14.4 Å². The molecule has 2 unspecified atom stereocenters. The second kappa shape index (κ2) is 6.89. The van der Waals surface area contributed by atoms with Gasteiger partial charge in [0.15, 0.2) is 0 Å². The number of hydrogen-bond acceptors (Lipinski definition) is 4. The van der Waals surface area contributed by atoms with E-state index in [4.69, 9.17) is 4.74 Å². The molecule has 22 heavy (non-hydrogen) atoms. The summed E-state index contributed by atoms with van der Waals surface area (Å²) in [4.78, 5) is 36.0. The van der Waals surface area contributed by atoms with Crippen LogP contribution in [0.25, 0.3) is 0 Å². The van der Waals surface area contributed by atoms with Crippen molar-refractivity contribution in [3.63, 3.8) is 0 Å². The molecule has 1 aliphatic heterocycles. The van der Waals surface area contributed by atoms with Gasteiger partial charge in [0.1, 0.15) is 5.92 Å². The molecule has 2 atom stereocenters. The van der Waals surface area contributed by atoms with Gasteiger partial charge in [-0.05, 0) is 19.1 Å². The molecule has 0 aliphatic carbocycles. The molecular weight excluding hydrogens is 284 g/mol. The van der Waals surface area contributed by atoms with Crippen molar-refractivity contribution in [2.75, 3.05) is 11.9 Å². The van der Waals surface area contributed by atoms with Crippen molar-refractivity contribution in [3.05, 3.63) is 42.6 Å². The molecular formula is C16H18N2O4. The molecule has 2 rings (SSSR count). The molecule has 1 saturated heterocycles. The van der Waals surface area contributed by atoms with E-state index < -0.39 is 17.8 Å². The fraction of sp³-hybridized carbons (Fsp3) is 0.312. The van der Waals surface area contributed by atoms with Crippen LogP contribution in [0.2, 0.25) is 0 Å². The van der Waals surface area contributed by atoms with Crippen molar-refractivity contribution < 1.29 is 19.1 Å². The minimum Gasteiger partial charge on any atom is -0.465 e. The summed E-state index contributed by atoms with van der Waals surface area (Å²) >= 11 is 0. The maximum Gasteiger partial charge on any atom is 0.315 e. The molecule has 2 N–H and O–H groups in total. The van der Waals surface area contributed by atoms with E-state index in [1.165, 1.54) is 0 Å². The van der Waals surface area contributed by atoms with Crippen molar-refractivity contribution in [1.82, 2.24) is 5.32 Å². The predicted molar refractivity (Wildman–Crippen MR) is 80.6 cm³/mol. The van der Waals surface area contributed by atoms with Crippen LogP contribution in [0.15, 0.2) is 42.6 Å². The Balaban J connectivity index is 2.05. The van der Waals surface area contributed by atoms with E-state index in [-0.39, 0.29) is 30.5 Å². The number of nitrogens with one attached hydrogen (secondary N) is 2. The summed E-state index contributed by atoms with van der Waals surface area (Å²) in [6.45, 7) is 5.56. The number of amides is 2. The van der Waals surface area contributed by atoms with Crippen LogP contribution in [0, 0.1) is 11.8 Å². The Labute approximate surface area is 128 Å². The first-order valence-electron chi connectivity index (χ1n) is 7.04. The summed E-state index contributed by atoms with van der Waals surface area (Å²) in [6, 6.07) is 8.91. The van der Waals surface area contributed by atoms with Crippen LogP contribution in [0.1, 0.15) is 13.3 Å². The Morgan fingerprint density at radius 3 is 2.64 bits per heavy atom. The number of ether oxygens (including phenoxy) is 1. The van der Waals surface area contributed by atoms with Gasteiger partial charge in [-0.3, -0.25) is 14.4 Å². The van der Waals surface area contributed by atoms with Gasteiger partial charge in [-0.2, -0.15) is 0 Å². The molecule has 1 aromatic carbocycles. The van der Waals surface area contributed by atoms with E-state index >= 15 is 0 Å². The van der Waals surface area contributed by atoms with Crippen LogP contribution in [0.3, 0.4) is 0 Å². The minimum atomic E-state index is -0.825. The lowest BCUT2D eigenvalue weighted by atomic mass is 9.90. The number of benzene rings is 1. The summed E-state index contributed by atoms with van der Waals surface area (Å²) in [7, 11) is 0. The molecule has 0 spiro atoms. The fourth-order valence-electron chi connectivity index (χ4n) is 2.41. The lowest BCUT2D eigenvalue weighted by molar-refractivity contribution is -0.149. The zero-order valence-corrected chi connectivity index (χ0v) is 12.3. The van der Waals surface area contributed by atoms with Crippen LogP contribution in [-0.4, -0.2) is 24.4 Å². The molecule has 1 aliphatic rings. The van der Waals surface area contributed by atoms with Gasteiger partial charge in [0.25, 0.3) is 0 Å². The maximum absolute atomic E-state index is 12.1. The van der Waals surface area contributed by atoms with Gasteiger partial charge in [0, 0.05) is 17.8 Å². The van der Waals surface area contributed by atoms with Crippen LogP contribution in [0.5, 0.6) is 0 Å². The van der Waals surface area contributed by atoms with Crippen molar-refractivity contribution >= 4 is 23.5 Å². The Morgan fingerprint density at radius 2 is 2.00 bits per heavy atom. The smallest absolute Gasteiger partial charge is 0.315 e. The van der Waals surface area contributed by atoms with E-state index in [0.29, 0.717) is 5.69 Å². The second-order valence-electron chi connectivity index (χ2n) is 4.97. The summed E-state index contributed by atoms with van der Waals surface area (Å²) < 4.78 is 4.95. The molecule has 1 fully saturated rings. The topological polar surface area (TPSA) is 84.5 Å². The lowest BCUT2D eigenvalue weighted by Gasteiger charge is -2.15. The van der Waals surface area contributed by atoms with E-state index in [0.717, 1.165) is 0 Å². The highest BCUT2D eigenvalue weighted by atomic mass is 16.5. The van der Waals surface area contributed by atoms with Gasteiger partial charge in [-0.25, -0.2) is 0 Å². The molecule has 1 aromatic rings. The van der Waals surface area contributed by atoms with Gasteiger partial charge >= 0.3 is 5.97 Å². The maximum atomic E-state index is 12.1. The highest BCUT2D eigenvalue weighted by molar-refractivity contribution is 5.98. The van der Waals surface area contributed by atoms with Gasteiger partial charge in [0.2, 0.25) is 11.8 Å². The Hall–Kier alpha value is -2.63. The molecule has 116 valence electrons. The zero-order chi connectivity index (χ0) is 16.1. The quantitative estimate of drug-likeness (QED) is 0.806. The molecule has 6 heteroatoms. The number of anilines is 1. The van der Waals surface area contributed by atoms with Gasteiger partial charge in [-0.15, -0.1) is 0 Å². The summed E-state index contributed by atoms with van der Waals surface area (Å²) in [5, 5.41) is 5.21.